The summed E-state index contributed by atoms with van der Waals surface area (Å²) in [5, 5.41) is 17.2. The van der Waals surface area contributed by atoms with Gasteiger partial charge in [0.2, 0.25) is 11.8 Å². The molecule has 0 aliphatic heterocycles. The van der Waals surface area contributed by atoms with Crippen LogP contribution >= 0.6 is 0 Å². The van der Waals surface area contributed by atoms with Crippen LogP contribution in [0, 0.1) is 11.8 Å². The quantitative estimate of drug-likeness (QED) is 0.325. The summed E-state index contributed by atoms with van der Waals surface area (Å²) in [5.41, 5.74) is 0.816. The van der Waals surface area contributed by atoms with Crippen molar-refractivity contribution in [1.29, 1.82) is 0 Å². The number of aliphatic carboxylic acids is 1. The SMILES string of the molecule is CCCC(NC(=O)[C@H](CC(C)C)NC(=O)[C@H](CC(C)C)NC(=O)OCc1ccccc1)C(=O)O. The molecule has 0 heterocycles. The molecule has 0 aliphatic rings. The van der Waals surface area contributed by atoms with Gasteiger partial charge in [-0.05, 0) is 36.7 Å². The molecule has 1 rings (SSSR count). The number of nitrogens with one attached hydrogen (secondary N) is 3. The molecule has 0 saturated carbocycles. The lowest BCUT2D eigenvalue weighted by molar-refractivity contribution is -0.142. The Morgan fingerprint density at radius 1 is 0.824 bits per heavy atom. The number of ether oxygens (including phenoxy) is 1. The molecule has 0 aliphatic carbocycles. The molecule has 190 valence electrons. The Hall–Kier alpha value is -3.10. The number of carboxylic acids is 1. The molecule has 0 radical (unpaired) electrons. The van der Waals surface area contributed by atoms with Crippen LogP contribution < -0.4 is 16.0 Å². The number of carboxylic acid groups (broad SMARTS) is 1. The summed E-state index contributed by atoms with van der Waals surface area (Å²) >= 11 is 0. The number of amides is 3. The molecule has 4 N–H and O–H groups in total. The van der Waals surface area contributed by atoms with Gasteiger partial charge in [0.1, 0.15) is 24.7 Å². The van der Waals surface area contributed by atoms with Gasteiger partial charge in [-0.3, -0.25) is 9.59 Å². The lowest BCUT2D eigenvalue weighted by atomic mass is 10.00. The highest BCUT2D eigenvalue weighted by atomic mass is 16.5. The summed E-state index contributed by atoms with van der Waals surface area (Å²) in [7, 11) is 0. The van der Waals surface area contributed by atoms with E-state index in [-0.39, 0.29) is 24.9 Å². The minimum absolute atomic E-state index is 0.0646. The molecule has 1 aromatic rings. The largest absolute Gasteiger partial charge is 0.480 e. The molecule has 0 aromatic heterocycles. The zero-order valence-corrected chi connectivity index (χ0v) is 20.8. The van der Waals surface area contributed by atoms with Crippen LogP contribution in [0.25, 0.3) is 0 Å². The molecule has 1 unspecified atom stereocenters. The van der Waals surface area contributed by atoms with Gasteiger partial charge >= 0.3 is 12.1 Å². The van der Waals surface area contributed by atoms with E-state index < -0.39 is 42.0 Å². The van der Waals surface area contributed by atoms with Crippen molar-refractivity contribution in [2.75, 3.05) is 0 Å². The van der Waals surface area contributed by atoms with E-state index in [9.17, 15) is 24.3 Å². The number of benzene rings is 1. The standard InChI is InChI=1S/C25H39N3O6/c1-6-10-19(24(31)32)26-22(29)20(13-16(2)3)27-23(30)21(14-17(4)5)28-25(33)34-15-18-11-8-7-9-12-18/h7-9,11-12,16-17,19-21H,6,10,13-15H2,1-5H3,(H,26,29)(H,27,30)(H,28,33)(H,31,32)/t19?,20-,21-/m0/s1. The van der Waals surface area contributed by atoms with Crippen LogP contribution in [0.1, 0.15) is 65.9 Å². The topological polar surface area (TPSA) is 134 Å². The Labute approximate surface area is 202 Å². The van der Waals surface area contributed by atoms with Gasteiger partial charge < -0.3 is 25.8 Å². The van der Waals surface area contributed by atoms with E-state index >= 15 is 0 Å². The van der Waals surface area contributed by atoms with Crippen molar-refractivity contribution in [1.82, 2.24) is 16.0 Å². The normalized spacial score (nSPS) is 13.6. The lowest BCUT2D eigenvalue weighted by Crippen LogP contribution is -2.56. The third-order valence-electron chi connectivity index (χ3n) is 5.06. The van der Waals surface area contributed by atoms with Gasteiger partial charge in [-0.25, -0.2) is 9.59 Å². The molecule has 9 nitrogen and oxygen atoms in total. The minimum atomic E-state index is -1.12. The number of carbonyl (C=O) groups is 4. The van der Waals surface area contributed by atoms with Gasteiger partial charge in [0.25, 0.3) is 0 Å². The van der Waals surface area contributed by atoms with Crippen molar-refractivity contribution in [2.45, 2.75) is 85.0 Å². The first-order valence-corrected chi connectivity index (χ1v) is 11.8. The second kappa shape index (κ2) is 14.9. The molecule has 3 amide bonds. The maximum Gasteiger partial charge on any atom is 0.408 e. The molecular weight excluding hydrogens is 438 g/mol. The van der Waals surface area contributed by atoms with Crippen LogP contribution in [0.4, 0.5) is 4.79 Å². The predicted octanol–water partition coefficient (Wildman–Crippen LogP) is 3.23. The zero-order valence-electron chi connectivity index (χ0n) is 20.8. The highest BCUT2D eigenvalue weighted by molar-refractivity contribution is 5.92. The minimum Gasteiger partial charge on any atom is -0.480 e. The van der Waals surface area contributed by atoms with E-state index in [4.69, 9.17) is 4.74 Å². The van der Waals surface area contributed by atoms with Crippen LogP contribution in [0.15, 0.2) is 30.3 Å². The van der Waals surface area contributed by atoms with E-state index in [1.807, 2.05) is 65.0 Å². The van der Waals surface area contributed by atoms with Crippen molar-refractivity contribution in [3.8, 4) is 0 Å². The smallest absolute Gasteiger partial charge is 0.408 e. The summed E-state index contributed by atoms with van der Waals surface area (Å²) in [6, 6.07) is 6.31. The number of hydrogen-bond acceptors (Lipinski definition) is 5. The first kappa shape index (κ1) is 28.9. The van der Waals surface area contributed by atoms with Gasteiger partial charge in [0.15, 0.2) is 0 Å². The van der Waals surface area contributed by atoms with Crippen LogP contribution in [-0.2, 0) is 25.7 Å². The van der Waals surface area contributed by atoms with Crippen molar-refractivity contribution >= 4 is 23.9 Å². The Kier molecular flexibility index (Phi) is 12.7. The van der Waals surface area contributed by atoms with Crippen LogP contribution in [0.2, 0.25) is 0 Å². The summed E-state index contributed by atoms with van der Waals surface area (Å²) in [6.07, 6.45) is 0.806. The van der Waals surface area contributed by atoms with Crippen LogP contribution in [0.5, 0.6) is 0 Å². The summed E-state index contributed by atoms with van der Waals surface area (Å²) in [4.78, 5) is 49.7. The Balaban J connectivity index is 2.86. The fourth-order valence-electron chi connectivity index (χ4n) is 3.40. The first-order valence-electron chi connectivity index (χ1n) is 11.8. The highest BCUT2D eigenvalue weighted by Crippen LogP contribution is 2.10. The number of rotatable bonds is 14. The predicted molar refractivity (Wildman–Crippen MR) is 129 cm³/mol. The molecule has 0 fully saturated rings. The first-order chi connectivity index (χ1) is 16.0. The average molecular weight is 478 g/mol. The molecule has 9 heteroatoms. The Bertz CT molecular complexity index is 797. The summed E-state index contributed by atoms with van der Waals surface area (Å²) in [5.74, 6) is -2.04. The van der Waals surface area contributed by atoms with Crippen molar-refractivity contribution in [3.05, 3.63) is 35.9 Å². The van der Waals surface area contributed by atoms with Gasteiger partial charge in [-0.1, -0.05) is 71.4 Å². The lowest BCUT2D eigenvalue weighted by Gasteiger charge is -2.26. The Morgan fingerprint density at radius 2 is 1.32 bits per heavy atom. The van der Waals surface area contributed by atoms with Crippen molar-refractivity contribution in [2.24, 2.45) is 11.8 Å². The molecule has 0 spiro atoms. The molecular formula is C25H39N3O6. The third-order valence-corrected chi connectivity index (χ3v) is 5.06. The molecule has 0 bridgehead atoms. The van der Waals surface area contributed by atoms with E-state index in [2.05, 4.69) is 16.0 Å². The average Bonchev–Trinajstić information content (AvgIpc) is 2.76. The molecule has 34 heavy (non-hydrogen) atoms. The maximum absolute atomic E-state index is 13.1. The van der Waals surface area contributed by atoms with E-state index in [0.29, 0.717) is 19.3 Å². The van der Waals surface area contributed by atoms with Crippen LogP contribution in [-0.4, -0.2) is 47.1 Å². The van der Waals surface area contributed by atoms with E-state index in [1.165, 1.54) is 0 Å². The highest BCUT2D eigenvalue weighted by Gasteiger charge is 2.30. The maximum atomic E-state index is 13.1. The summed E-state index contributed by atoms with van der Waals surface area (Å²) in [6.45, 7) is 9.52. The Morgan fingerprint density at radius 3 is 1.79 bits per heavy atom. The van der Waals surface area contributed by atoms with Gasteiger partial charge in [0, 0.05) is 0 Å². The van der Waals surface area contributed by atoms with Gasteiger partial charge in [-0.15, -0.1) is 0 Å². The van der Waals surface area contributed by atoms with Gasteiger partial charge in [0.05, 0.1) is 0 Å². The second-order valence-corrected chi connectivity index (χ2v) is 9.27. The molecule has 3 atom stereocenters. The molecule has 1 aromatic carbocycles. The van der Waals surface area contributed by atoms with Crippen molar-refractivity contribution < 1.29 is 29.0 Å². The summed E-state index contributed by atoms with van der Waals surface area (Å²) < 4.78 is 5.24. The fourth-order valence-corrected chi connectivity index (χ4v) is 3.40. The number of hydrogen-bond donors (Lipinski definition) is 4. The van der Waals surface area contributed by atoms with Crippen molar-refractivity contribution in [3.63, 3.8) is 0 Å². The number of alkyl carbamates (subject to hydrolysis) is 1. The van der Waals surface area contributed by atoms with Gasteiger partial charge in [-0.2, -0.15) is 0 Å². The number of carbonyl (C=O) groups excluding carboxylic acids is 3. The second-order valence-electron chi connectivity index (χ2n) is 9.27. The fraction of sp³-hybridized carbons (Fsp3) is 0.600. The molecule has 0 saturated heterocycles. The third kappa shape index (κ3) is 11.2. The van der Waals surface area contributed by atoms with E-state index in [1.54, 1.807) is 0 Å². The van der Waals surface area contributed by atoms with Crippen LogP contribution in [0.3, 0.4) is 0 Å². The zero-order chi connectivity index (χ0) is 25.7. The monoisotopic (exact) mass is 477 g/mol. The van der Waals surface area contributed by atoms with E-state index in [0.717, 1.165) is 5.56 Å².